The lowest BCUT2D eigenvalue weighted by Crippen LogP contribution is -2.75. The summed E-state index contributed by atoms with van der Waals surface area (Å²) in [6.45, 7) is 2.31. The van der Waals surface area contributed by atoms with Crippen LogP contribution in [0.15, 0.2) is 30.3 Å². The average molecular weight is 356 g/mol. The number of halogens is 6. The van der Waals surface area contributed by atoms with Crippen molar-refractivity contribution in [3.8, 4) is 0 Å². The first-order chi connectivity index (χ1) is 10.9. The molecule has 0 heterocycles. The maximum Gasteiger partial charge on any atom is 0.434 e. The van der Waals surface area contributed by atoms with E-state index in [4.69, 9.17) is 0 Å². The van der Waals surface area contributed by atoms with Crippen molar-refractivity contribution >= 4 is 5.91 Å². The predicted molar refractivity (Wildman–Crippen MR) is 75.7 cm³/mol. The van der Waals surface area contributed by atoms with Gasteiger partial charge < -0.3 is 5.32 Å². The molecule has 0 fully saturated rings. The topological polar surface area (TPSA) is 41.1 Å². The first-order valence-electron chi connectivity index (χ1n) is 7.12. The molecular weight excluding hydrogens is 338 g/mol. The van der Waals surface area contributed by atoms with Crippen LogP contribution in [0.3, 0.4) is 0 Å². The van der Waals surface area contributed by atoms with Gasteiger partial charge in [-0.05, 0) is 11.5 Å². The third kappa shape index (κ3) is 4.86. The molecule has 0 saturated carbocycles. The zero-order valence-electron chi connectivity index (χ0n) is 13.1. The van der Waals surface area contributed by atoms with E-state index in [0.717, 1.165) is 5.32 Å². The molecule has 0 aliphatic heterocycles. The van der Waals surface area contributed by atoms with Gasteiger partial charge in [-0.25, -0.2) is 0 Å². The van der Waals surface area contributed by atoms with Gasteiger partial charge in [-0.3, -0.25) is 10.1 Å². The van der Waals surface area contributed by atoms with Crippen LogP contribution in [0.1, 0.15) is 25.8 Å². The Morgan fingerprint density at radius 1 is 1.00 bits per heavy atom. The molecule has 1 aromatic rings. The Morgan fingerprint density at radius 3 is 1.92 bits per heavy atom. The number of hydrogen-bond donors (Lipinski definition) is 2. The molecule has 1 rings (SSSR count). The third-order valence-electron chi connectivity index (χ3n) is 3.17. The van der Waals surface area contributed by atoms with E-state index in [0.29, 0.717) is 0 Å². The summed E-state index contributed by atoms with van der Waals surface area (Å²) in [6.07, 6.45) is -12.0. The van der Waals surface area contributed by atoms with Gasteiger partial charge in [0, 0.05) is 13.0 Å². The zero-order chi connectivity index (χ0) is 18.6. The molecule has 0 atom stereocenters. The van der Waals surface area contributed by atoms with Gasteiger partial charge in [0.2, 0.25) is 5.91 Å². The summed E-state index contributed by atoms with van der Waals surface area (Å²) in [7, 11) is 0. The molecule has 1 amide bonds. The van der Waals surface area contributed by atoms with Crippen LogP contribution in [0.4, 0.5) is 26.3 Å². The number of carbonyl (C=O) groups excluding carboxylic acids is 1. The Hall–Kier alpha value is -1.77. The van der Waals surface area contributed by atoms with Gasteiger partial charge in [0.05, 0.1) is 0 Å². The summed E-state index contributed by atoms with van der Waals surface area (Å²) in [4.78, 5) is 11.6. The highest BCUT2D eigenvalue weighted by Crippen LogP contribution is 2.41. The second-order valence-electron chi connectivity index (χ2n) is 5.73. The minimum Gasteiger partial charge on any atom is -0.323 e. The Balaban J connectivity index is 3.15. The highest BCUT2D eigenvalue weighted by Gasteiger charge is 2.72. The number of carbonyl (C=O) groups is 1. The maximum absolute atomic E-state index is 13.3. The van der Waals surface area contributed by atoms with Crippen molar-refractivity contribution in [2.45, 2.75) is 44.8 Å². The van der Waals surface area contributed by atoms with Crippen molar-refractivity contribution in [2.24, 2.45) is 5.92 Å². The average Bonchev–Trinajstić information content (AvgIpc) is 2.41. The normalized spacial score (nSPS) is 13.2. The molecule has 0 bridgehead atoms. The third-order valence-corrected chi connectivity index (χ3v) is 3.17. The van der Waals surface area contributed by atoms with Crippen LogP contribution in [0, 0.1) is 5.92 Å². The van der Waals surface area contributed by atoms with Gasteiger partial charge in [-0.15, -0.1) is 0 Å². The summed E-state index contributed by atoms with van der Waals surface area (Å²) in [6, 6.07) is 7.30. The van der Waals surface area contributed by atoms with Gasteiger partial charge in [-0.1, -0.05) is 44.2 Å². The van der Waals surface area contributed by atoms with Crippen molar-refractivity contribution in [3.63, 3.8) is 0 Å². The lowest BCUT2D eigenvalue weighted by Gasteiger charge is -2.38. The fraction of sp³-hybridized carbons (Fsp3) is 0.533. The second kappa shape index (κ2) is 7.42. The van der Waals surface area contributed by atoms with E-state index in [2.05, 4.69) is 0 Å². The molecular formula is C15H18F6N2O. The molecule has 24 heavy (non-hydrogen) atoms. The molecule has 0 aliphatic rings. The zero-order valence-corrected chi connectivity index (χ0v) is 13.1. The van der Waals surface area contributed by atoms with E-state index in [1.54, 1.807) is 6.07 Å². The standard InChI is InChI=1S/C15H18F6N2O/c1-10(2)8-12(24)23-13(14(16,17)18,15(19,20)21)22-9-11-6-4-3-5-7-11/h3-7,10,22H,8-9H2,1-2H3,(H,23,24). The number of nitrogens with one attached hydrogen (secondary N) is 2. The summed E-state index contributed by atoms with van der Waals surface area (Å²) in [5.74, 6) is -1.72. The Kier molecular flexibility index (Phi) is 6.26. The first-order valence-corrected chi connectivity index (χ1v) is 7.12. The van der Waals surface area contributed by atoms with Gasteiger partial charge >= 0.3 is 12.4 Å². The van der Waals surface area contributed by atoms with Crippen molar-refractivity contribution < 1.29 is 31.1 Å². The van der Waals surface area contributed by atoms with Gasteiger partial charge in [-0.2, -0.15) is 26.3 Å². The van der Waals surface area contributed by atoms with Gasteiger partial charge in [0.15, 0.2) is 0 Å². The van der Waals surface area contributed by atoms with Crippen molar-refractivity contribution in [2.75, 3.05) is 0 Å². The largest absolute Gasteiger partial charge is 0.434 e. The lowest BCUT2D eigenvalue weighted by molar-refractivity contribution is -0.316. The van der Waals surface area contributed by atoms with Gasteiger partial charge in [0.25, 0.3) is 5.66 Å². The highest BCUT2D eigenvalue weighted by molar-refractivity contribution is 5.77. The van der Waals surface area contributed by atoms with Crippen molar-refractivity contribution in [1.29, 1.82) is 0 Å². The molecule has 3 nitrogen and oxygen atoms in total. The molecule has 0 spiro atoms. The minimum absolute atomic E-state index is 0.216. The second-order valence-corrected chi connectivity index (χ2v) is 5.73. The molecule has 0 aliphatic carbocycles. The maximum atomic E-state index is 13.3. The van der Waals surface area contributed by atoms with E-state index in [9.17, 15) is 31.1 Å². The number of rotatable bonds is 6. The van der Waals surface area contributed by atoms with Crippen LogP contribution in [0.2, 0.25) is 0 Å². The van der Waals surface area contributed by atoms with Crippen LogP contribution in [-0.2, 0) is 11.3 Å². The fourth-order valence-corrected chi connectivity index (χ4v) is 2.01. The van der Waals surface area contributed by atoms with Crippen LogP contribution < -0.4 is 10.6 Å². The highest BCUT2D eigenvalue weighted by atomic mass is 19.4. The summed E-state index contributed by atoms with van der Waals surface area (Å²) >= 11 is 0. The molecule has 0 radical (unpaired) electrons. The van der Waals surface area contributed by atoms with Crippen LogP contribution in [-0.4, -0.2) is 23.9 Å². The van der Waals surface area contributed by atoms with E-state index in [-0.39, 0.29) is 5.56 Å². The molecule has 136 valence electrons. The molecule has 1 aromatic carbocycles. The van der Waals surface area contributed by atoms with Crippen molar-refractivity contribution in [3.05, 3.63) is 35.9 Å². The Morgan fingerprint density at radius 2 is 1.50 bits per heavy atom. The number of benzene rings is 1. The lowest BCUT2D eigenvalue weighted by atomic mass is 10.1. The fourth-order valence-electron chi connectivity index (χ4n) is 2.01. The SMILES string of the molecule is CC(C)CC(=O)NC(NCc1ccccc1)(C(F)(F)F)C(F)(F)F. The van der Waals surface area contributed by atoms with E-state index < -0.39 is 42.8 Å². The Labute approximate surface area is 135 Å². The number of alkyl halides is 6. The Bertz CT molecular complexity index is 525. The van der Waals surface area contributed by atoms with E-state index >= 15 is 0 Å². The van der Waals surface area contributed by atoms with Crippen LogP contribution in [0.25, 0.3) is 0 Å². The quantitative estimate of drug-likeness (QED) is 0.602. The number of amides is 1. The number of hydrogen-bond acceptors (Lipinski definition) is 2. The minimum atomic E-state index is -5.77. The monoisotopic (exact) mass is 356 g/mol. The van der Waals surface area contributed by atoms with Crippen LogP contribution in [0.5, 0.6) is 0 Å². The summed E-state index contributed by atoms with van der Waals surface area (Å²) in [5.41, 5.74) is -4.30. The molecule has 0 saturated heterocycles. The van der Waals surface area contributed by atoms with Gasteiger partial charge in [0.1, 0.15) is 0 Å². The van der Waals surface area contributed by atoms with Crippen molar-refractivity contribution in [1.82, 2.24) is 10.6 Å². The van der Waals surface area contributed by atoms with E-state index in [1.807, 2.05) is 0 Å². The molecule has 0 unspecified atom stereocenters. The summed E-state index contributed by atoms with van der Waals surface area (Å²) in [5, 5.41) is 2.56. The predicted octanol–water partition coefficient (Wildman–Crippen LogP) is 3.76. The van der Waals surface area contributed by atoms with Crippen LogP contribution >= 0.6 is 0 Å². The van der Waals surface area contributed by atoms with E-state index in [1.165, 1.54) is 43.4 Å². The molecule has 2 N–H and O–H groups in total. The first kappa shape index (κ1) is 20.3. The summed E-state index contributed by atoms with van der Waals surface area (Å²) < 4.78 is 79.6. The smallest absolute Gasteiger partial charge is 0.323 e. The molecule has 9 heteroatoms. The molecule has 0 aromatic heterocycles.